The minimum Gasteiger partial charge on any atom is -0.309 e. The number of rotatable bonds is 6. The third-order valence-electron chi connectivity index (χ3n) is 4.35. The smallest absolute Gasteiger partial charge is 0.226 e. The van der Waals surface area contributed by atoms with E-state index in [1.54, 1.807) is 24.3 Å². The largest absolute Gasteiger partial charge is 0.309 e. The Kier molecular flexibility index (Phi) is 3.17. The Labute approximate surface area is 165 Å². The molecular formula is C22H28N2O. The van der Waals surface area contributed by atoms with E-state index in [-0.39, 0.29) is 12.2 Å². The van der Waals surface area contributed by atoms with Crippen LogP contribution < -0.4 is 4.90 Å². The average molecular weight is 347 g/mol. The lowest BCUT2D eigenvalue weighted by molar-refractivity contribution is -0.119. The lowest BCUT2D eigenvalue weighted by Gasteiger charge is -2.38. The first-order valence-corrected chi connectivity index (χ1v) is 8.40. The van der Waals surface area contributed by atoms with Gasteiger partial charge in [0.05, 0.1) is 6.85 Å². The van der Waals surface area contributed by atoms with Crippen LogP contribution in [0, 0.1) is 0 Å². The summed E-state index contributed by atoms with van der Waals surface area (Å²) in [5.74, 6) is -0.832. The highest BCUT2D eigenvalue weighted by Gasteiger charge is 2.28. The summed E-state index contributed by atoms with van der Waals surface area (Å²) in [7, 11) is 0. The van der Waals surface area contributed by atoms with Gasteiger partial charge in [-0.05, 0) is 36.9 Å². The normalized spacial score (nSPS) is 22.7. The fraction of sp³-hybridized carbons (Fsp3) is 0.409. The number of likely N-dealkylation sites (tertiary alicyclic amines) is 1. The highest BCUT2D eigenvalue weighted by Crippen LogP contribution is 2.24. The van der Waals surface area contributed by atoms with Gasteiger partial charge in [-0.3, -0.25) is 4.79 Å². The zero-order valence-electron chi connectivity index (χ0n) is 24.0. The van der Waals surface area contributed by atoms with Crippen molar-refractivity contribution in [3.05, 3.63) is 66.1 Å². The van der Waals surface area contributed by atoms with E-state index in [9.17, 15) is 4.79 Å². The maximum absolute atomic E-state index is 13.1. The van der Waals surface area contributed by atoms with Gasteiger partial charge in [0.1, 0.15) is 0 Å². The van der Waals surface area contributed by atoms with Crippen molar-refractivity contribution in [2.24, 2.45) is 0 Å². The molecule has 1 amide bonds. The molecule has 0 atom stereocenters. The molecule has 3 heteroatoms. The van der Waals surface area contributed by atoms with Gasteiger partial charge in [0.25, 0.3) is 0 Å². The lowest BCUT2D eigenvalue weighted by Crippen LogP contribution is -2.47. The van der Waals surface area contributed by atoms with Crippen LogP contribution in [0.25, 0.3) is 0 Å². The van der Waals surface area contributed by atoms with Crippen LogP contribution in [0.2, 0.25) is 0 Å². The van der Waals surface area contributed by atoms with Crippen LogP contribution in [0.3, 0.4) is 0 Å². The Morgan fingerprint density at radius 1 is 1.24 bits per heavy atom. The van der Waals surface area contributed by atoms with Crippen LogP contribution in [0.15, 0.2) is 60.5 Å². The van der Waals surface area contributed by atoms with E-state index in [1.165, 1.54) is 0 Å². The molecule has 0 aliphatic carbocycles. The number of hydrogen-bond donors (Lipinski definition) is 0. The average Bonchev–Trinajstić information content (AvgIpc) is 2.79. The second-order valence-electron chi connectivity index (χ2n) is 5.96. The number of piperidine rings is 1. The predicted molar refractivity (Wildman–Crippen MR) is 104 cm³/mol. The number of carbonyl (C=O) groups excluding carboxylic acids is 1. The number of amides is 1. The van der Waals surface area contributed by atoms with E-state index in [1.807, 2.05) is 11.0 Å². The standard InChI is InChI=1S/C22H28N2O/c1-2-22(25)24(20-11-7-4-8-12-20)21-14-17-23(18-15-21)16-13-19-9-5-3-6-10-19/h3-12,21H,2,13-18H2,1H3/i1D3,4D,7D,8D,11D,12D,13D2. The molecule has 0 radical (unpaired) electrons. The topological polar surface area (TPSA) is 23.6 Å². The van der Waals surface area contributed by atoms with E-state index in [2.05, 4.69) is 0 Å². The van der Waals surface area contributed by atoms with Gasteiger partial charge in [-0.15, -0.1) is 0 Å². The Balaban J connectivity index is 1.87. The third kappa shape index (κ3) is 4.70. The Bertz CT molecular complexity index is 1040. The van der Waals surface area contributed by atoms with E-state index in [4.69, 9.17) is 13.7 Å². The van der Waals surface area contributed by atoms with E-state index < -0.39 is 61.8 Å². The SMILES string of the molecule is [2H]c1c([2H])c([2H])c(N(C(=O)CC([2H])([2H])[2H])C2CCN(CC([2H])([2H])c3ccccc3)CC2)c([2H])c1[2H]. The van der Waals surface area contributed by atoms with Gasteiger partial charge >= 0.3 is 0 Å². The molecule has 1 aliphatic rings. The van der Waals surface area contributed by atoms with Crippen molar-refractivity contribution in [1.82, 2.24) is 4.90 Å². The van der Waals surface area contributed by atoms with Crippen molar-refractivity contribution in [2.75, 3.05) is 24.5 Å². The Hall–Kier alpha value is -2.13. The molecule has 0 spiro atoms. The van der Waals surface area contributed by atoms with Gasteiger partial charge in [0.15, 0.2) is 0 Å². The van der Waals surface area contributed by atoms with Gasteiger partial charge in [-0.25, -0.2) is 0 Å². The molecule has 1 aliphatic heterocycles. The molecule has 0 bridgehead atoms. The molecule has 2 aromatic rings. The quantitative estimate of drug-likeness (QED) is 0.785. The summed E-state index contributed by atoms with van der Waals surface area (Å²) in [4.78, 5) is 16.1. The molecule has 1 saturated heterocycles. The minimum atomic E-state index is -2.59. The van der Waals surface area contributed by atoms with Crippen molar-refractivity contribution in [3.8, 4) is 0 Å². The summed E-state index contributed by atoms with van der Waals surface area (Å²) >= 11 is 0. The molecule has 25 heavy (non-hydrogen) atoms. The maximum Gasteiger partial charge on any atom is 0.226 e. The van der Waals surface area contributed by atoms with E-state index in [0.29, 0.717) is 31.5 Å². The molecular weight excluding hydrogens is 308 g/mol. The van der Waals surface area contributed by atoms with Gasteiger partial charge in [0.2, 0.25) is 5.91 Å². The number of hydrogen-bond acceptors (Lipinski definition) is 2. The summed E-state index contributed by atoms with van der Waals surface area (Å²) in [6.45, 7) is -1.67. The maximum atomic E-state index is 13.1. The van der Waals surface area contributed by atoms with Gasteiger partial charge in [-0.2, -0.15) is 0 Å². The van der Waals surface area contributed by atoms with Gasteiger partial charge < -0.3 is 9.80 Å². The molecule has 1 fully saturated rings. The highest BCUT2D eigenvalue weighted by molar-refractivity contribution is 5.93. The second-order valence-corrected chi connectivity index (χ2v) is 5.96. The molecule has 1 heterocycles. The zero-order valence-corrected chi connectivity index (χ0v) is 14.0. The molecule has 3 rings (SSSR count). The first-order chi connectivity index (χ1) is 16.2. The molecule has 0 unspecified atom stereocenters. The second kappa shape index (κ2) is 8.82. The van der Waals surface area contributed by atoms with Crippen LogP contribution in [-0.4, -0.2) is 36.5 Å². The van der Waals surface area contributed by atoms with Crippen LogP contribution in [-0.2, 0) is 11.2 Å². The first-order valence-electron chi connectivity index (χ1n) is 13.4. The van der Waals surface area contributed by atoms with Crippen LogP contribution in [0.1, 0.15) is 45.4 Å². The van der Waals surface area contributed by atoms with Crippen LogP contribution >= 0.6 is 0 Å². The summed E-state index contributed by atoms with van der Waals surface area (Å²) in [5, 5.41) is 0. The fourth-order valence-corrected chi connectivity index (χ4v) is 3.05. The first kappa shape index (κ1) is 9.00. The number of nitrogens with zero attached hydrogens (tertiary/aromatic N) is 2. The predicted octanol–water partition coefficient (Wildman–Crippen LogP) is 4.14. The van der Waals surface area contributed by atoms with E-state index >= 15 is 0 Å². The molecule has 132 valence electrons. The van der Waals surface area contributed by atoms with Crippen LogP contribution in [0.4, 0.5) is 5.69 Å². The highest BCUT2D eigenvalue weighted by atomic mass is 16.2. The van der Waals surface area contributed by atoms with Gasteiger partial charge in [-0.1, -0.05) is 55.3 Å². The van der Waals surface area contributed by atoms with Gasteiger partial charge in [0, 0.05) is 44.6 Å². The van der Waals surface area contributed by atoms with Crippen LogP contribution in [0.5, 0.6) is 0 Å². The fourth-order valence-electron chi connectivity index (χ4n) is 3.05. The lowest BCUT2D eigenvalue weighted by atomic mass is 10.0. The summed E-state index contributed by atoms with van der Waals surface area (Å²) in [6, 6.07) is 5.31. The number of carbonyl (C=O) groups is 1. The Morgan fingerprint density at radius 2 is 1.96 bits per heavy atom. The number of benzene rings is 2. The van der Waals surface area contributed by atoms with Crippen molar-refractivity contribution in [3.63, 3.8) is 0 Å². The zero-order chi connectivity index (χ0) is 26.1. The van der Waals surface area contributed by atoms with Crippen molar-refractivity contribution < 1.29 is 18.5 Å². The van der Waals surface area contributed by atoms with Crippen molar-refractivity contribution in [2.45, 2.75) is 38.5 Å². The summed E-state index contributed by atoms with van der Waals surface area (Å²) in [6.07, 6.45) is -1.76. The summed E-state index contributed by atoms with van der Waals surface area (Å²) < 4.78 is 79.8. The number of anilines is 1. The third-order valence-corrected chi connectivity index (χ3v) is 4.35. The van der Waals surface area contributed by atoms with E-state index in [0.717, 1.165) is 4.90 Å². The molecule has 2 aromatic carbocycles. The van der Waals surface area contributed by atoms with Crippen molar-refractivity contribution >= 4 is 11.6 Å². The molecule has 0 saturated carbocycles. The molecule has 0 N–H and O–H groups in total. The van der Waals surface area contributed by atoms with Crippen molar-refractivity contribution in [1.29, 1.82) is 0 Å². The molecule has 3 nitrogen and oxygen atoms in total. The minimum absolute atomic E-state index is 0.127. The summed E-state index contributed by atoms with van der Waals surface area (Å²) in [5.41, 5.74) is 0.235. The monoisotopic (exact) mass is 346 g/mol. The Morgan fingerprint density at radius 3 is 2.64 bits per heavy atom. The number of para-hydroxylation sites is 1. The molecule has 0 aromatic heterocycles.